The van der Waals surface area contributed by atoms with Gasteiger partial charge in [0.15, 0.2) is 11.9 Å². The molecule has 0 N–H and O–H groups in total. The molecule has 1 aliphatic rings. The molecule has 0 heterocycles. The van der Waals surface area contributed by atoms with Crippen molar-refractivity contribution in [2.24, 2.45) is 11.8 Å². The molecule has 0 fully saturated rings. The molecule has 3 heteroatoms. The molecule has 0 radical (unpaired) electrons. The molecule has 1 aliphatic carbocycles. The third kappa shape index (κ3) is 9.11. The summed E-state index contributed by atoms with van der Waals surface area (Å²) in [6.45, 7) is 2.22. The van der Waals surface area contributed by atoms with Crippen LogP contribution in [0, 0.1) is 11.8 Å². The lowest BCUT2D eigenvalue weighted by atomic mass is 9.90. The predicted octanol–water partition coefficient (Wildman–Crippen LogP) is 8.33. The topological polar surface area (TPSA) is 43.4 Å². The van der Waals surface area contributed by atoms with E-state index < -0.39 is 6.10 Å². The summed E-state index contributed by atoms with van der Waals surface area (Å²) in [6, 6.07) is 19.7. The fraction of sp³-hybridized carbons (Fsp3) is 0.394. The first-order valence-electron chi connectivity index (χ1n) is 13.5. The second-order valence-electron chi connectivity index (χ2n) is 9.51. The molecule has 3 rings (SSSR count). The third-order valence-electron chi connectivity index (χ3n) is 6.66. The van der Waals surface area contributed by atoms with Crippen LogP contribution in [0.3, 0.4) is 0 Å². The molecule has 0 spiro atoms. The zero-order chi connectivity index (χ0) is 25.4. The van der Waals surface area contributed by atoms with Crippen molar-refractivity contribution in [2.75, 3.05) is 0 Å². The van der Waals surface area contributed by atoms with Gasteiger partial charge in [0.05, 0.1) is 0 Å². The number of unbranched alkanes of at least 4 members (excludes halogenated alkanes) is 5. The maximum Gasteiger partial charge on any atom is 0.306 e. The van der Waals surface area contributed by atoms with Gasteiger partial charge in [-0.2, -0.15) is 0 Å². The van der Waals surface area contributed by atoms with E-state index >= 15 is 0 Å². The number of carbonyl (C=O) groups is 2. The van der Waals surface area contributed by atoms with Crippen LogP contribution in [0.5, 0.6) is 0 Å². The van der Waals surface area contributed by atoms with Gasteiger partial charge in [0.2, 0.25) is 0 Å². The number of allylic oxidation sites excluding steroid dienone is 6. The largest absolute Gasteiger partial charge is 0.453 e. The van der Waals surface area contributed by atoms with Crippen molar-refractivity contribution in [3.63, 3.8) is 0 Å². The summed E-state index contributed by atoms with van der Waals surface area (Å²) >= 11 is 0. The molecule has 2 aromatic rings. The fourth-order valence-corrected chi connectivity index (χ4v) is 4.57. The lowest BCUT2D eigenvalue weighted by Gasteiger charge is -2.19. The van der Waals surface area contributed by atoms with Crippen molar-refractivity contribution in [1.82, 2.24) is 0 Å². The van der Waals surface area contributed by atoms with Gasteiger partial charge in [-0.1, -0.05) is 117 Å². The smallest absolute Gasteiger partial charge is 0.306 e. The molecule has 190 valence electrons. The van der Waals surface area contributed by atoms with Gasteiger partial charge in [-0.25, -0.2) is 0 Å². The summed E-state index contributed by atoms with van der Waals surface area (Å²) in [4.78, 5) is 24.9. The number of hydrogen-bond donors (Lipinski definition) is 0. The molecular weight excluding hydrogens is 444 g/mol. The highest BCUT2D eigenvalue weighted by atomic mass is 16.5. The van der Waals surface area contributed by atoms with Crippen LogP contribution in [0.1, 0.15) is 81.9 Å². The lowest BCUT2D eigenvalue weighted by molar-refractivity contribution is -0.147. The molecule has 0 aromatic heterocycles. The Hall–Kier alpha value is -3.20. The van der Waals surface area contributed by atoms with Gasteiger partial charge in [0, 0.05) is 18.3 Å². The third-order valence-corrected chi connectivity index (χ3v) is 6.66. The quantitative estimate of drug-likeness (QED) is 0.145. The Kier molecular flexibility index (Phi) is 12.0. The highest BCUT2D eigenvalue weighted by Crippen LogP contribution is 2.28. The Balaban J connectivity index is 1.40. The number of ether oxygens (including phenoxy) is 1. The average molecular weight is 485 g/mol. The summed E-state index contributed by atoms with van der Waals surface area (Å²) in [6.07, 6.45) is 20.8. The first kappa shape index (κ1) is 27.4. The maximum absolute atomic E-state index is 12.6. The first-order chi connectivity index (χ1) is 17.7. The van der Waals surface area contributed by atoms with Gasteiger partial charge >= 0.3 is 5.97 Å². The van der Waals surface area contributed by atoms with Crippen molar-refractivity contribution in [2.45, 2.75) is 70.8 Å². The number of hydrogen-bond acceptors (Lipinski definition) is 3. The molecular formula is C33H40O3. The van der Waals surface area contributed by atoms with E-state index in [4.69, 9.17) is 4.74 Å². The molecule has 2 atom stereocenters. The number of carbonyl (C=O) groups excluding carboxylic acids is 2. The van der Waals surface area contributed by atoms with Gasteiger partial charge in [-0.15, -0.1) is 0 Å². The zero-order valence-corrected chi connectivity index (χ0v) is 21.6. The Labute approximate surface area is 217 Å². The van der Waals surface area contributed by atoms with Gasteiger partial charge in [-0.3, -0.25) is 9.59 Å². The average Bonchev–Trinajstić information content (AvgIpc) is 3.26. The van der Waals surface area contributed by atoms with E-state index in [0.29, 0.717) is 6.42 Å². The highest BCUT2D eigenvalue weighted by Gasteiger charge is 2.26. The van der Waals surface area contributed by atoms with Crippen molar-refractivity contribution >= 4 is 11.8 Å². The molecule has 0 unspecified atom stereocenters. The summed E-state index contributed by atoms with van der Waals surface area (Å²) in [5, 5.41) is 0. The Morgan fingerprint density at radius 3 is 2.19 bits per heavy atom. The molecule has 0 amide bonds. The molecule has 0 saturated heterocycles. The van der Waals surface area contributed by atoms with E-state index in [-0.39, 0.29) is 23.6 Å². The van der Waals surface area contributed by atoms with Crippen molar-refractivity contribution in [3.05, 3.63) is 108 Å². The van der Waals surface area contributed by atoms with Crippen LogP contribution in [-0.2, 0) is 14.3 Å². The van der Waals surface area contributed by atoms with E-state index in [0.717, 1.165) is 36.8 Å². The SMILES string of the molecule is CCCCCCC=C[C@H]1C=CC(=O)[C@@H]1CC=CCCCC(=O)OC(c1ccccc1)c1ccccc1. The second-order valence-corrected chi connectivity index (χ2v) is 9.51. The molecule has 0 aliphatic heterocycles. The minimum absolute atomic E-state index is 0.00982. The summed E-state index contributed by atoms with van der Waals surface area (Å²) < 4.78 is 5.88. The first-order valence-corrected chi connectivity index (χ1v) is 13.5. The number of rotatable bonds is 15. The van der Waals surface area contributed by atoms with Crippen LogP contribution in [-0.4, -0.2) is 11.8 Å². The summed E-state index contributed by atoms with van der Waals surface area (Å²) in [5.41, 5.74) is 1.94. The molecule has 36 heavy (non-hydrogen) atoms. The summed E-state index contributed by atoms with van der Waals surface area (Å²) in [5.74, 6) is 0.240. The normalized spacial score (nSPS) is 17.6. The van der Waals surface area contributed by atoms with E-state index in [1.807, 2.05) is 66.7 Å². The Morgan fingerprint density at radius 2 is 1.53 bits per heavy atom. The zero-order valence-electron chi connectivity index (χ0n) is 21.6. The van der Waals surface area contributed by atoms with Gasteiger partial charge < -0.3 is 4.74 Å². The van der Waals surface area contributed by atoms with Crippen LogP contribution in [0.4, 0.5) is 0 Å². The van der Waals surface area contributed by atoms with Crippen molar-refractivity contribution < 1.29 is 14.3 Å². The maximum atomic E-state index is 12.6. The molecule has 0 bridgehead atoms. The van der Waals surface area contributed by atoms with Gasteiger partial charge in [0.1, 0.15) is 0 Å². The van der Waals surface area contributed by atoms with Gasteiger partial charge in [0.25, 0.3) is 0 Å². The predicted molar refractivity (Wildman–Crippen MR) is 147 cm³/mol. The Morgan fingerprint density at radius 1 is 0.861 bits per heavy atom. The van der Waals surface area contributed by atoms with Crippen LogP contribution in [0.25, 0.3) is 0 Å². The minimum atomic E-state index is -0.395. The van der Waals surface area contributed by atoms with Crippen LogP contribution in [0.15, 0.2) is 97.1 Å². The van der Waals surface area contributed by atoms with E-state index in [2.05, 4.69) is 31.2 Å². The van der Waals surface area contributed by atoms with Crippen molar-refractivity contribution in [1.29, 1.82) is 0 Å². The van der Waals surface area contributed by atoms with Crippen LogP contribution >= 0.6 is 0 Å². The standard InChI is InChI=1S/C33H40O3/c1-2-3-4-5-6-11-18-27-25-26-31(34)30(27)23-16-7-8-17-24-32(35)36-33(28-19-12-9-13-20-28)29-21-14-10-15-22-29/h7,9-16,18-22,25-27,30,33H,2-6,8,17,23-24H2,1H3/t27-,30+/m0/s1. The number of benzene rings is 2. The van der Waals surface area contributed by atoms with Crippen LogP contribution in [0.2, 0.25) is 0 Å². The highest BCUT2D eigenvalue weighted by molar-refractivity contribution is 5.95. The monoisotopic (exact) mass is 484 g/mol. The van der Waals surface area contributed by atoms with Crippen LogP contribution < -0.4 is 0 Å². The Bertz CT molecular complexity index is 964. The number of esters is 1. The molecule has 3 nitrogen and oxygen atoms in total. The fourth-order valence-electron chi connectivity index (χ4n) is 4.57. The molecule has 0 saturated carbocycles. The minimum Gasteiger partial charge on any atom is -0.453 e. The van der Waals surface area contributed by atoms with E-state index in [1.54, 1.807) is 6.08 Å². The van der Waals surface area contributed by atoms with E-state index in [1.165, 1.54) is 25.7 Å². The van der Waals surface area contributed by atoms with Crippen molar-refractivity contribution in [3.8, 4) is 0 Å². The summed E-state index contributed by atoms with van der Waals surface area (Å²) in [7, 11) is 0. The second kappa shape index (κ2) is 15.7. The molecule has 2 aromatic carbocycles. The van der Waals surface area contributed by atoms with E-state index in [9.17, 15) is 9.59 Å². The lowest BCUT2D eigenvalue weighted by Crippen LogP contribution is -2.13. The number of ketones is 1. The van der Waals surface area contributed by atoms with Gasteiger partial charge in [-0.05, 0) is 49.3 Å².